The van der Waals surface area contributed by atoms with Crippen molar-refractivity contribution in [3.63, 3.8) is 0 Å². The summed E-state index contributed by atoms with van der Waals surface area (Å²) in [5.41, 5.74) is 31.5. The van der Waals surface area contributed by atoms with E-state index in [0.29, 0.717) is 0 Å². The smallest absolute Gasteiger partial charge is 0.0725 e. The molecule has 11 aromatic carbocycles. The molecule has 0 amide bonds. The van der Waals surface area contributed by atoms with Crippen LogP contribution in [0, 0.1) is 0 Å². The Morgan fingerprint density at radius 1 is 0.243 bits per heavy atom. The Kier molecular flexibility index (Phi) is 9.04. The van der Waals surface area contributed by atoms with Crippen LogP contribution in [0.1, 0.15) is 72.2 Å². The number of anilines is 3. The zero-order valence-corrected chi connectivity index (χ0v) is 42.1. The Bertz CT molecular complexity index is 4120. The van der Waals surface area contributed by atoms with Gasteiger partial charge in [0.15, 0.2) is 0 Å². The van der Waals surface area contributed by atoms with Gasteiger partial charge in [0.2, 0.25) is 0 Å². The van der Waals surface area contributed by atoms with E-state index < -0.39 is 5.41 Å². The molecule has 0 fully saturated rings. The van der Waals surface area contributed by atoms with Gasteiger partial charge in [0.1, 0.15) is 0 Å². The van der Waals surface area contributed by atoms with Crippen molar-refractivity contribution in [1.29, 1.82) is 0 Å². The summed E-state index contributed by atoms with van der Waals surface area (Å²) < 4.78 is 0. The molecule has 0 N–H and O–H groups in total. The zero-order chi connectivity index (χ0) is 49.5. The van der Waals surface area contributed by atoms with Crippen molar-refractivity contribution < 1.29 is 0 Å². The van der Waals surface area contributed by atoms with Crippen molar-refractivity contribution in [3.8, 4) is 77.9 Å². The first kappa shape index (κ1) is 42.9. The summed E-state index contributed by atoms with van der Waals surface area (Å²) in [5, 5.41) is 0. The minimum Gasteiger partial charge on any atom is -0.310 e. The summed E-state index contributed by atoms with van der Waals surface area (Å²) >= 11 is 0. The maximum Gasteiger partial charge on any atom is 0.0725 e. The van der Waals surface area contributed by atoms with E-state index in [2.05, 4.69) is 281 Å². The second-order valence-electron chi connectivity index (χ2n) is 21.9. The predicted octanol–water partition coefficient (Wildman–Crippen LogP) is 19.1. The summed E-state index contributed by atoms with van der Waals surface area (Å²) in [5.74, 6) is 0. The molecule has 74 heavy (non-hydrogen) atoms. The average molecular weight is 944 g/mol. The molecule has 0 aliphatic heterocycles. The molecular weight excluding hydrogens is 891 g/mol. The van der Waals surface area contributed by atoms with Crippen LogP contribution in [0.15, 0.2) is 249 Å². The van der Waals surface area contributed by atoms with Gasteiger partial charge in [-0.1, -0.05) is 240 Å². The molecule has 4 aliphatic rings. The first-order valence-electron chi connectivity index (χ1n) is 26.3. The van der Waals surface area contributed by atoms with E-state index in [-0.39, 0.29) is 10.8 Å². The normalized spacial score (nSPS) is 16.1. The Balaban J connectivity index is 0.876. The quantitative estimate of drug-likeness (QED) is 0.161. The molecule has 1 spiro atoms. The highest BCUT2D eigenvalue weighted by molar-refractivity contribution is 6.03. The van der Waals surface area contributed by atoms with Crippen LogP contribution in [-0.2, 0) is 16.2 Å². The highest BCUT2D eigenvalue weighted by Crippen LogP contribution is 2.65. The third-order valence-corrected chi connectivity index (χ3v) is 17.5. The molecule has 11 aromatic rings. The fourth-order valence-corrected chi connectivity index (χ4v) is 14.2. The molecule has 15 rings (SSSR count). The molecule has 1 heteroatoms. The molecule has 350 valence electrons. The third kappa shape index (κ3) is 5.76. The molecule has 1 unspecified atom stereocenters. The lowest BCUT2D eigenvalue weighted by Gasteiger charge is -2.31. The van der Waals surface area contributed by atoms with Crippen molar-refractivity contribution >= 4 is 17.1 Å². The van der Waals surface area contributed by atoms with Gasteiger partial charge in [-0.3, -0.25) is 0 Å². The average Bonchev–Trinajstić information content (AvgIpc) is 4.17. The Morgan fingerprint density at radius 3 is 1.30 bits per heavy atom. The van der Waals surface area contributed by atoms with Gasteiger partial charge in [-0.2, -0.15) is 0 Å². The van der Waals surface area contributed by atoms with E-state index >= 15 is 0 Å². The van der Waals surface area contributed by atoms with Gasteiger partial charge < -0.3 is 4.90 Å². The highest BCUT2D eigenvalue weighted by Gasteiger charge is 2.53. The monoisotopic (exact) mass is 943 g/mol. The summed E-state index contributed by atoms with van der Waals surface area (Å²) in [6, 6.07) is 93.8. The van der Waals surface area contributed by atoms with Crippen LogP contribution in [0.2, 0.25) is 0 Å². The van der Waals surface area contributed by atoms with Crippen molar-refractivity contribution in [2.45, 2.75) is 43.9 Å². The SMILES string of the molecule is CC1(C)c2cc(-c3cccc4c3-c3ccccc3C43c4ccccc4-c4c(-c5ccccc5)cccc43)ccc2-c2ccc(N(c3ccc(-c4ccccc4)cc3)c3cccc4c3-c3ccccc3C4(C)C)cc21. The van der Waals surface area contributed by atoms with E-state index in [1.54, 1.807) is 0 Å². The minimum atomic E-state index is -0.453. The molecule has 0 aromatic heterocycles. The van der Waals surface area contributed by atoms with Gasteiger partial charge in [-0.15, -0.1) is 0 Å². The van der Waals surface area contributed by atoms with Gasteiger partial charge in [0.25, 0.3) is 0 Å². The van der Waals surface area contributed by atoms with Crippen LogP contribution in [0.4, 0.5) is 17.1 Å². The topological polar surface area (TPSA) is 3.24 Å². The Labute approximate surface area is 434 Å². The Hall–Kier alpha value is -8.78. The van der Waals surface area contributed by atoms with Crippen LogP contribution in [0.3, 0.4) is 0 Å². The van der Waals surface area contributed by atoms with E-state index in [1.807, 2.05) is 0 Å². The predicted molar refractivity (Wildman–Crippen MR) is 309 cm³/mol. The van der Waals surface area contributed by atoms with Crippen LogP contribution < -0.4 is 4.90 Å². The minimum absolute atomic E-state index is 0.121. The maximum absolute atomic E-state index is 2.52. The van der Waals surface area contributed by atoms with Crippen molar-refractivity contribution in [3.05, 3.63) is 293 Å². The molecule has 0 bridgehead atoms. The zero-order valence-electron chi connectivity index (χ0n) is 42.1. The molecule has 0 heterocycles. The van der Waals surface area contributed by atoms with Crippen LogP contribution in [-0.4, -0.2) is 0 Å². The van der Waals surface area contributed by atoms with Crippen LogP contribution in [0.25, 0.3) is 77.9 Å². The van der Waals surface area contributed by atoms with Crippen LogP contribution >= 0.6 is 0 Å². The van der Waals surface area contributed by atoms with Crippen molar-refractivity contribution in [2.24, 2.45) is 0 Å². The molecule has 0 saturated carbocycles. The lowest BCUT2D eigenvalue weighted by molar-refractivity contribution is 0.660. The van der Waals surface area contributed by atoms with Gasteiger partial charge in [0, 0.05) is 27.8 Å². The lowest BCUT2D eigenvalue weighted by Crippen LogP contribution is -2.25. The van der Waals surface area contributed by atoms with Crippen LogP contribution in [0.5, 0.6) is 0 Å². The Morgan fingerprint density at radius 2 is 0.662 bits per heavy atom. The third-order valence-electron chi connectivity index (χ3n) is 17.5. The first-order valence-corrected chi connectivity index (χ1v) is 26.3. The fraction of sp³-hybridized carbons (Fsp3) is 0.0959. The highest BCUT2D eigenvalue weighted by atomic mass is 15.1. The molecule has 1 atom stereocenters. The molecule has 4 aliphatic carbocycles. The molecule has 1 nitrogen and oxygen atoms in total. The van der Waals surface area contributed by atoms with E-state index in [1.165, 1.54) is 128 Å². The summed E-state index contributed by atoms with van der Waals surface area (Å²) in [7, 11) is 0. The number of fused-ring (bicyclic) bond motifs is 16. The lowest BCUT2D eigenvalue weighted by atomic mass is 9.70. The standard InChI is InChI=1S/C73H53N/c1-71(2)59-29-14-11-24-56(59)70-62(71)32-19-35-67(70)74(50-39-36-47(37-40-50)46-20-7-5-8-21-46)51-41-43-55-54-42-38-49(44-65(54)72(3,4)66(55)45-51)53-28-18-34-64-69(53)58-26-13-16-31-61(58)73(64)60-30-15-12-25-57(60)68-52(27-17-33-63(68)73)48-22-9-6-10-23-48/h5-45H,1-4H3. The van der Waals surface area contributed by atoms with Gasteiger partial charge in [-0.05, 0) is 153 Å². The summed E-state index contributed by atoms with van der Waals surface area (Å²) in [6.07, 6.45) is 0. The molecule has 0 saturated heterocycles. The number of benzene rings is 11. The maximum atomic E-state index is 2.52. The van der Waals surface area contributed by atoms with Gasteiger partial charge in [0.05, 0.1) is 11.1 Å². The van der Waals surface area contributed by atoms with Crippen molar-refractivity contribution in [2.75, 3.05) is 4.90 Å². The van der Waals surface area contributed by atoms with Gasteiger partial charge >= 0.3 is 0 Å². The van der Waals surface area contributed by atoms with Gasteiger partial charge in [-0.25, -0.2) is 0 Å². The first-order chi connectivity index (χ1) is 36.2. The number of hydrogen-bond donors (Lipinski definition) is 0. The van der Waals surface area contributed by atoms with E-state index in [4.69, 9.17) is 0 Å². The fourth-order valence-electron chi connectivity index (χ4n) is 14.2. The number of nitrogens with zero attached hydrogens (tertiary/aromatic N) is 1. The van der Waals surface area contributed by atoms with Crippen molar-refractivity contribution in [1.82, 2.24) is 0 Å². The number of hydrogen-bond acceptors (Lipinski definition) is 1. The number of rotatable bonds is 6. The second kappa shape index (κ2) is 15.6. The second-order valence-corrected chi connectivity index (χ2v) is 21.9. The largest absolute Gasteiger partial charge is 0.310 e. The van der Waals surface area contributed by atoms with E-state index in [9.17, 15) is 0 Å². The molecular formula is C73H53N. The summed E-state index contributed by atoms with van der Waals surface area (Å²) in [4.78, 5) is 2.51. The summed E-state index contributed by atoms with van der Waals surface area (Å²) in [6.45, 7) is 9.61. The molecule has 0 radical (unpaired) electrons. The van der Waals surface area contributed by atoms with E-state index in [0.717, 1.165) is 11.4 Å².